The second-order valence-electron chi connectivity index (χ2n) is 6.67. The van der Waals surface area contributed by atoms with Gasteiger partial charge in [-0.05, 0) is 62.4 Å². The summed E-state index contributed by atoms with van der Waals surface area (Å²) in [6.07, 6.45) is 9.25. The van der Waals surface area contributed by atoms with E-state index in [9.17, 15) is 9.00 Å². The van der Waals surface area contributed by atoms with E-state index >= 15 is 0 Å². The first-order chi connectivity index (χ1) is 11.6. The van der Waals surface area contributed by atoms with Gasteiger partial charge in [0.15, 0.2) is 0 Å². The van der Waals surface area contributed by atoms with Gasteiger partial charge in [-0.25, -0.2) is 0 Å². The Morgan fingerprint density at radius 1 is 1.21 bits per heavy atom. The van der Waals surface area contributed by atoms with Crippen molar-refractivity contribution in [3.8, 4) is 0 Å². The molecular formula is C19H30N2O2S. The second-order valence-corrected chi connectivity index (χ2v) is 8.22. The Morgan fingerprint density at radius 2 is 1.92 bits per heavy atom. The van der Waals surface area contributed by atoms with Crippen molar-refractivity contribution in [3.05, 3.63) is 35.4 Å². The lowest BCUT2D eigenvalue weighted by Crippen LogP contribution is -2.27. The molecule has 1 heterocycles. The summed E-state index contributed by atoms with van der Waals surface area (Å²) in [6, 6.07) is 7.88. The third-order valence-electron chi connectivity index (χ3n) is 4.68. The lowest BCUT2D eigenvalue weighted by Gasteiger charge is -2.22. The summed E-state index contributed by atoms with van der Waals surface area (Å²) in [5.41, 5.74) is 1.97. The van der Waals surface area contributed by atoms with Crippen LogP contribution in [0.25, 0.3) is 0 Å². The molecule has 0 spiro atoms. The molecule has 0 aromatic heterocycles. The molecule has 0 saturated carbocycles. The minimum atomic E-state index is -0.867. The maximum Gasteiger partial charge on any atom is 0.251 e. The normalized spacial score (nSPS) is 16.7. The number of benzene rings is 1. The molecule has 2 rings (SSSR count). The predicted octanol–water partition coefficient (Wildman–Crippen LogP) is 2.51. The van der Waals surface area contributed by atoms with Gasteiger partial charge in [-0.1, -0.05) is 25.0 Å². The fourth-order valence-electron chi connectivity index (χ4n) is 3.17. The monoisotopic (exact) mass is 350 g/mol. The van der Waals surface area contributed by atoms with Gasteiger partial charge in [-0.3, -0.25) is 9.00 Å². The van der Waals surface area contributed by atoms with Crippen LogP contribution in [-0.4, -0.2) is 41.8 Å². The van der Waals surface area contributed by atoms with Crippen molar-refractivity contribution in [1.82, 2.24) is 10.6 Å². The van der Waals surface area contributed by atoms with Crippen LogP contribution in [-0.2, 0) is 17.2 Å². The summed E-state index contributed by atoms with van der Waals surface area (Å²) in [5.74, 6) is 1.33. The van der Waals surface area contributed by atoms with Crippen LogP contribution >= 0.6 is 0 Å². The molecule has 1 aliphatic heterocycles. The summed E-state index contributed by atoms with van der Waals surface area (Å²) in [6.45, 7) is 2.82. The molecule has 1 amide bonds. The Hall–Kier alpha value is -1.20. The third-order valence-corrected chi connectivity index (χ3v) is 5.46. The number of carbonyl (C=O) groups is 1. The molecular weight excluding hydrogens is 320 g/mol. The molecule has 4 nitrogen and oxygen atoms in total. The van der Waals surface area contributed by atoms with Crippen LogP contribution in [0.4, 0.5) is 0 Å². The molecule has 0 radical (unpaired) electrons. The lowest BCUT2D eigenvalue weighted by molar-refractivity contribution is 0.0956. The van der Waals surface area contributed by atoms with E-state index in [0.717, 1.165) is 12.3 Å². The summed E-state index contributed by atoms with van der Waals surface area (Å²) in [7, 11) is -0.867. The first-order valence-electron chi connectivity index (χ1n) is 9.03. The molecule has 1 atom stereocenters. The van der Waals surface area contributed by atoms with Gasteiger partial charge >= 0.3 is 0 Å². The smallest absolute Gasteiger partial charge is 0.251 e. The third kappa shape index (κ3) is 7.14. The molecule has 134 valence electrons. The molecule has 1 fully saturated rings. The standard InChI is InChI=1S/C19H30N2O2S/c1-24(23)15-14-21-19(22)18-8-6-16(7-9-18)4-2-3-5-17-10-12-20-13-11-17/h6-9,17,20H,2-5,10-15H2,1H3,(H,21,22). The molecule has 24 heavy (non-hydrogen) atoms. The number of carbonyl (C=O) groups excluding carboxylic acids is 1. The van der Waals surface area contributed by atoms with Crippen molar-refractivity contribution >= 4 is 16.7 Å². The summed E-state index contributed by atoms with van der Waals surface area (Å²) < 4.78 is 11.0. The average molecular weight is 351 g/mol. The van der Waals surface area contributed by atoms with Gasteiger partial charge in [0.2, 0.25) is 0 Å². The molecule has 0 bridgehead atoms. The molecule has 1 aromatic rings. The van der Waals surface area contributed by atoms with Crippen LogP contribution in [0.1, 0.15) is 48.0 Å². The predicted molar refractivity (Wildman–Crippen MR) is 101 cm³/mol. The largest absolute Gasteiger partial charge is 0.351 e. The van der Waals surface area contributed by atoms with Crippen molar-refractivity contribution in [1.29, 1.82) is 0 Å². The number of aryl methyl sites for hydroxylation is 1. The lowest BCUT2D eigenvalue weighted by atomic mass is 9.92. The van der Waals surface area contributed by atoms with Crippen molar-refractivity contribution in [2.45, 2.75) is 38.5 Å². The van der Waals surface area contributed by atoms with Crippen LogP contribution in [0.3, 0.4) is 0 Å². The van der Waals surface area contributed by atoms with Gasteiger partial charge in [0, 0.05) is 34.9 Å². The van der Waals surface area contributed by atoms with Crippen LogP contribution in [0.15, 0.2) is 24.3 Å². The number of nitrogens with one attached hydrogen (secondary N) is 2. The number of hydrogen-bond donors (Lipinski definition) is 2. The van der Waals surface area contributed by atoms with Crippen LogP contribution < -0.4 is 10.6 Å². The summed E-state index contributed by atoms with van der Waals surface area (Å²) >= 11 is 0. The fourth-order valence-corrected chi connectivity index (χ4v) is 3.56. The first kappa shape index (κ1) is 19.1. The van der Waals surface area contributed by atoms with E-state index in [4.69, 9.17) is 0 Å². The highest BCUT2D eigenvalue weighted by Crippen LogP contribution is 2.19. The minimum absolute atomic E-state index is 0.0853. The number of piperidine rings is 1. The van der Waals surface area contributed by atoms with E-state index in [1.807, 2.05) is 12.1 Å². The molecule has 1 saturated heterocycles. The Morgan fingerprint density at radius 3 is 2.58 bits per heavy atom. The van der Waals surface area contributed by atoms with Gasteiger partial charge in [-0.2, -0.15) is 0 Å². The number of amides is 1. The quantitative estimate of drug-likeness (QED) is 0.673. The van der Waals surface area contributed by atoms with Gasteiger partial charge in [0.05, 0.1) is 0 Å². The van der Waals surface area contributed by atoms with Gasteiger partial charge in [0.25, 0.3) is 5.91 Å². The highest BCUT2D eigenvalue weighted by Gasteiger charge is 2.12. The van der Waals surface area contributed by atoms with Crippen molar-refractivity contribution in [3.63, 3.8) is 0 Å². The molecule has 5 heteroatoms. The van der Waals surface area contributed by atoms with Crippen LogP contribution in [0.5, 0.6) is 0 Å². The van der Waals surface area contributed by atoms with Crippen molar-refractivity contribution < 1.29 is 9.00 Å². The van der Waals surface area contributed by atoms with Crippen molar-refractivity contribution in [2.24, 2.45) is 5.92 Å². The zero-order chi connectivity index (χ0) is 17.2. The average Bonchev–Trinajstić information content (AvgIpc) is 2.60. The molecule has 2 N–H and O–H groups in total. The summed E-state index contributed by atoms with van der Waals surface area (Å²) in [5, 5.41) is 6.22. The molecule has 1 aliphatic rings. The topological polar surface area (TPSA) is 58.2 Å². The maximum absolute atomic E-state index is 12.0. The molecule has 1 unspecified atom stereocenters. The fraction of sp³-hybridized carbons (Fsp3) is 0.632. The Bertz CT molecular complexity index is 525. The molecule has 0 aliphatic carbocycles. The van der Waals surface area contributed by atoms with E-state index < -0.39 is 10.8 Å². The highest BCUT2D eigenvalue weighted by molar-refractivity contribution is 7.84. The van der Waals surface area contributed by atoms with Gasteiger partial charge < -0.3 is 10.6 Å². The van der Waals surface area contributed by atoms with Gasteiger partial charge in [-0.15, -0.1) is 0 Å². The Balaban J connectivity index is 1.65. The first-order valence-corrected chi connectivity index (χ1v) is 10.8. The Labute approximate surface area is 148 Å². The maximum atomic E-state index is 12.0. The number of hydrogen-bond acceptors (Lipinski definition) is 3. The summed E-state index contributed by atoms with van der Waals surface area (Å²) in [4.78, 5) is 12.0. The van der Waals surface area contributed by atoms with E-state index in [2.05, 4.69) is 22.8 Å². The van der Waals surface area contributed by atoms with E-state index in [1.165, 1.54) is 50.8 Å². The number of unbranched alkanes of at least 4 members (excludes halogenated alkanes) is 1. The number of rotatable bonds is 9. The Kier molecular flexibility index (Phi) is 8.47. The minimum Gasteiger partial charge on any atom is -0.351 e. The second kappa shape index (κ2) is 10.6. The SMILES string of the molecule is CS(=O)CCNC(=O)c1ccc(CCCCC2CCNCC2)cc1. The van der Waals surface area contributed by atoms with Gasteiger partial charge in [0.1, 0.15) is 0 Å². The highest BCUT2D eigenvalue weighted by atomic mass is 32.2. The van der Waals surface area contributed by atoms with Crippen LogP contribution in [0.2, 0.25) is 0 Å². The van der Waals surface area contributed by atoms with E-state index in [0.29, 0.717) is 17.9 Å². The van der Waals surface area contributed by atoms with E-state index in [-0.39, 0.29) is 5.91 Å². The van der Waals surface area contributed by atoms with Crippen LogP contribution in [0, 0.1) is 5.92 Å². The molecule has 1 aromatic carbocycles. The zero-order valence-electron chi connectivity index (χ0n) is 14.7. The van der Waals surface area contributed by atoms with E-state index in [1.54, 1.807) is 6.26 Å². The zero-order valence-corrected chi connectivity index (χ0v) is 15.5. The van der Waals surface area contributed by atoms with Crippen molar-refractivity contribution in [2.75, 3.05) is 31.6 Å².